The lowest BCUT2D eigenvalue weighted by Gasteiger charge is -2.19. The molecule has 1 aliphatic rings. The molecule has 1 N–H and O–H groups in total. The topological polar surface area (TPSA) is 63.1 Å². The number of para-hydroxylation sites is 1. The minimum atomic E-state index is -0.334. The predicted octanol–water partition coefficient (Wildman–Crippen LogP) is 4.07. The van der Waals surface area contributed by atoms with Gasteiger partial charge in [0.2, 0.25) is 11.9 Å². The van der Waals surface area contributed by atoms with Crippen molar-refractivity contribution in [2.75, 3.05) is 23.7 Å². The third-order valence-electron chi connectivity index (χ3n) is 4.86. The zero-order valence-corrected chi connectivity index (χ0v) is 17.8. The SMILES string of the molecule is O=C(CSc1nnc(N2CCCC2)n1-c1ccccc1Cl)NCc1ccccc1F. The molecule has 0 radical (unpaired) electrons. The maximum Gasteiger partial charge on any atom is 0.232 e. The number of benzene rings is 2. The highest BCUT2D eigenvalue weighted by Crippen LogP contribution is 2.31. The number of hydrogen-bond acceptors (Lipinski definition) is 5. The number of carbonyl (C=O) groups is 1. The first-order valence-electron chi connectivity index (χ1n) is 9.71. The van der Waals surface area contributed by atoms with Crippen molar-refractivity contribution in [3.63, 3.8) is 0 Å². The summed E-state index contributed by atoms with van der Waals surface area (Å²) in [5.74, 6) is 0.325. The van der Waals surface area contributed by atoms with Crippen LogP contribution in [0.5, 0.6) is 0 Å². The number of nitrogens with zero attached hydrogens (tertiary/aromatic N) is 4. The van der Waals surface area contributed by atoms with Crippen LogP contribution in [-0.2, 0) is 11.3 Å². The van der Waals surface area contributed by atoms with Gasteiger partial charge in [0, 0.05) is 25.2 Å². The van der Waals surface area contributed by atoms with Crippen molar-refractivity contribution in [1.29, 1.82) is 0 Å². The Morgan fingerprint density at radius 1 is 1.10 bits per heavy atom. The molecule has 0 spiro atoms. The molecule has 0 unspecified atom stereocenters. The Bertz CT molecular complexity index is 1040. The Balaban J connectivity index is 1.49. The van der Waals surface area contributed by atoms with Crippen LogP contribution in [0.25, 0.3) is 5.69 Å². The van der Waals surface area contributed by atoms with Crippen molar-refractivity contribution >= 4 is 35.2 Å². The number of thioether (sulfide) groups is 1. The molecular formula is C21H21ClFN5OS. The molecule has 1 amide bonds. The summed E-state index contributed by atoms with van der Waals surface area (Å²) in [5.41, 5.74) is 1.23. The Morgan fingerprint density at radius 2 is 1.83 bits per heavy atom. The fraction of sp³-hybridized carbons (Fsp3) is 0.286. The molecule has 0 bridgehead atoms. The van der Waals surface area contributed by atoms with E-state index in [0.29, 0.717) is 15.7 Å². The van der Waals surface area contributed by atoms with Crippen LogP contribution in [0, 0.1) is 5.82 Å². The lowest BCUT2D eigenvalue weighted by molar-refractivity contribution is -0.118. The minimum Gasteiger partial charge on any atom is -0.351 e. The Morgan fingerprint density at radius 3 is 2.60 bits per heavy atom. The van der Waals surface area contributed by atoms with Crippen LogP contribution >= 0.6 is 23.4 Å². The van der Waals surface area contributed by atoms with Gasteiger partial charge >= 0.3 is 0 Å². The van der Waals surface area contributed by atoms with Crippen LogP contribution in [0.2, 0.25) is 5.02 Å². The lowest BCUT2D eigenvalue weighted by Crippen LogP contribution is -2.25. The zero-order valence-electron chi connectivity index (χ0n) is 16.2. The summed E-state index contributed by atoms with van der Waals surface area (Å²) in [7, 11) is 0. The molecule has 3 aromatic rings. The highest BCUT2D eigenvalue weighted by atomic mass is 35.5. The average molecular weight is 446 g/mol. The number of rotatable bonds is 7. The Kier molecular flexibility index (Phi) is 6.54. The van der Waals surface area contributed by atoms with E-state index >= 15 is 0 Å². The van der Waals surface area contributed by atoms with Crippen molar-refractivity contribution in [1.82, 2.24) is 20.1 Å². The summed E-state index contributed by atoms with van der Waals surface area (Å²) in [4.78, 5) is 14.5. The van der Waals surface area contributed by atoms with Gasteiger partial charge in [0.25, 0.3) is 0 Å². The number of hydrogen-bond donors (Lipinski definition) is 1. The first-order chi connectivity index (χ1) is 14.6. The van der Waals surface area contributed by atoms with Gasteiger partial charge in [0.05, 0.1) is 16.5 Å². The molecule has 156 valence electrons. The first-order valence-corrected chi connectivity index (χ1v) is 11.1. The van der Waals surface area contributed by atoms with Crippen LogP contribution in [0.15, 0.2) is 53.7 Å². The molecule has 30 heavy (non-hydrogen) atoms. The molecule has 1 fully saturated rings. The second-order valence-corrected chi connectivity index (χ2v) is 8.27. The quantitative estimate of drug-likeness (QED) is 0.555. The highest BCUT2D eigenvalue weighted by molar-refractivity contribution is 7.99. The second-order valence-electron chi connectivity index (χ2n) is 6.92. The average Bonchev–Trinajstić information content (AvgIpc) is 3.42. The van der Waals surface area contributed by atoms with Gasteiger partial charge in [-0.1, -0.05) is 53.7 Å². The van der Waals surface area contributed by atoms with Gasteiger partial charge in [-0.25, -0.2) is 4.39 Å². The fourth-order valence-corrected chi connectivity index (χ4v) is 4.33. The van der Waals surface area contributed by atoms with E-state index in [1.54, 1.807) is 18.2 Å². The van der Waals surface area contributed by atoms with Crippen molar-refractivity contribution in [2.45, 2.75) is 24.5 Å². The lowest BCUT2D eigenvalue weighted by atomic mass is 10.2. The normalized spacial score (nSPS) is 13.6. The highest BCUT2D eigenvalue weighted by Gasteiger charge is 2.23. The van der Waals surface area contributed by atoms with Gasteiger partial charge in [-0.15, -0.1) is 10.2 Å². The van der Waals surface area contributed by atoms with Gasteiger partial charge < -0.3 is 10.2 Å². The smallest absolute Gasteiger partial charge is 0.232 e. The van der Waals surface area contributed by atoms with E-state index in [4.69, 9.17) is 11.6 Å². The standard InChI is InChI=1S/C21H21ClFN5OS/c22-16-8-2-4-10-18(16)28-20(27-11-5-6-12-27)25-26-21(28)30-14-19(29)24-13-15-7-1-3-9-17(15)23/h1-4,7-10H,5-6,11-14H2,(H,24,29). The fourth-order valence-electron chi connectivity index (χ4n) is 3.34. The molecule has 0 aliphatic carbocycles. The Labute approximate surface area is 183 Å². The molecule has 6 nitrogen and oxygen atoms in total. The largest absolute Gasteiger partial charge is 0.351 e. The number of amides is 1. The van der Waals surface area contributed by atoms with E-state index < -0.39 is 0 Å². The third kappa shape index (κ3) is 4.60. The molecule has 0 saturated carbocycles. The molecule has 4 rings (SSSR count). The number of nitrogens with one attached hydrogen (secondary N) is 1. The monoisotopic (exact) mass is 445 g/mol. The van der Waals surface area contributed by atoms with Crippen molar-refractivity contribution in [3.8, 4) is 5.69 Å². The van der Waals surface area contributed by atoms with Gasteiger partial charge in [0.15, 0.2) is 5.16 Å². The first kappa shape index (κ1) is 20.7. The molecule has 0 atom stereocenters. The summed E-state index contributed by atoms with van der Waals surface area (Å²) in [6, 6.07) is 13.9. The van der Waals surface area contributed by atoms with Crippen LogP contribution in [0.3, 0.4) is 0 Å². The van der Waals surface area contributed by atoms with E-state index in [9.17, 15) is 9.18 Å². The van der Waals surface area contributed by atoms with Gasteiger partial charge in [-0.2, -0.15) is 0 Å². The molecule has 9 heteroatoms. The van der Waals surface area contributed by atoms with E-state index in [0.717, 1.165) is 37.6 Å². The summed E-state index contributed by atoms with van der Waals surface area (Å²) >= 11 is 7.72. The number of aromatic nitrogens is 3. The minimum absolute atomic E-state index is 0.136. The van der Waals surface area contributed by atoms with Crippen molar-refractivity contribution in [2.24, 2.45) is 0 Å². The maximum atomic E-state index is 13.7. The predicted molar refractivity (Wildman–Crippen MR) is 117 cm³/mol. The summed E-state index contributed by atoms with van der Waals surface area (Å²) < 4.78 is 15.6. The number of anilines is 1. The molecule has 2 heterocycles. The Hall–Kier alpha value is -2.58. The molecule has 1 aliphatic heterocycles. The number of carbonyl (C=O) groups excluding carboxylic acids is 1. The number of halogens is 2. The van der Waals surface area contributed by atoms with Crippen LogP contribution in [-0.4, -0.2) is 39.5 Å². The van der Waals surface area contributed by atoms with Gasteiger partial charge in [-0.3, -0.25) is 9.36 Å². The maximum absolute atomic E-state index is 13.7. The summed E-state index contributed by atoms with van der Waals surface area (Å²) in [6.45, 7) is 1.97. The molecule has 1 aromatic heterocycles. The summed E-state index contributed by atoms with van der Waals surface area (Å²) in [5, 5.41) is 12.6. The zero-order chi connectivity index (χ0) is 20.9. The third-order valence-corrected chi connectivity index (χ3v) is 6.11. The van der Waals surface area contributed by atoms with Gasteiger partial charge in [0.1, 0.15) is 5.82 Å². The molecule has 1 saturated heterocycles. The van der Waals surface area contributed by atoms with Crippen molar-refractivity contribution in [3.05, 3.63) is 64.9 Å². The van der Waals surface area contributed by atoms with E-state index in [1.165, 1.54) is 17.8 Å². The van der Waals surface area contributed by atoms with Gasteiger partial charge in [-0.05, 0) is 31.0 Å². The summed E-state index contributed by atoms with van der Waals surface area (Å²) in [6.07, 6.45) is 2.21. The van der Waals surface area contributed by atoms with Crippen LogP contribution in [0.4, 0.5) is 10.3 Å². The van der Waals surface area contributed by atoms with Crippen LogP contribution < -0.4 is 10.2 Å². The van der Waals surface area contributed by atoms with Crippen LogP contribution in [0.1, 0.15) is 18.4 Å². The van der Waals surface area contributed by atoms with Crippen molar-refractivity contribution < 1.29 is 9.18 Å². The molecular weight excluding hydrogens is 425 g/mol. The van der Waals surface area contributed by atoms with E-state index in [-0.39, 0.29) is 24.0 Å². The molecule has 2 aromatic carbocycles. The van der Waals surface area contributed by atoms with E-state index in [2.05, 4.69) is 20.4 Å². The van der Waals surface area contributed by atoms with E-state index in [1.807, 2.05) is 28.8 Å². The second kappa shape index (κ2) is 9.49.